The summed E-state index contributed by atoms with van der Waals surface area (Å²) in [5, 5.41) is 2.97. The second-order valence-corrected chi connectivity index (χ2v) is 4.55. The molecule has 0 aromatic heterocycles. The number of urea groups is 1. The molecule has 0 radical (unpaired) electrons. The molecular weight excluding hydrogens is 222 g/mol. The molecule has 0 aromatic rings. The molecule has 0 aromatic carbocycles. The quantitative estimate of drug-likeness (QED) is 0.732. The van der Waals surface area contributed by atoms with Gasteiger partial charge in [-0.3, -0.25) is 0 Å². The average molecular weight is 241 g/mol. The van der Waals surface area contributed by atoms with Crippen LogP contribution < -0.4 is 5.32 Å². The third kappa shape index (κ3) is 2.81. The largest absolute Gasteiger partial charge is 0.453 e. The summed E-state index contributed by atoms with van der Waals surface area (Å²) in [5.74, 6) is 0. The number of methoxy groups -OCH3 is 1. The first-order chi connectivity index (χ1) is 8.20. The maximum absolute atomic E-state index is 11.7. The zero-order valence-electron chi connectivity index (χ0n) is 10.1. The van der Waals surface area contributed by atoms with E-state index in [0.717, 1.165) is 32.4 Å². The van der Waals surface area contributed by atoms with Gasteiger partial charge in [0.2, 0.25) is 0 Å². The van der Waals surface area contributed by atoms with E-state index >= 15 is 0 Å². The van der Waals surface area contributed by atoms with E-state index in [0.29, 0.717) is 13.1 Å². The highest BCUT2D eigenvalue weighted by Crippen LogP contribution is 2.12. The van der Waals surface area contributed by atoms with Crippen LogP contribution in [-0.2, 0) is 4.74 Å². The molecule has 2 heterocycles. The summed E-state index contributed by atoms with van der Waals surface area (Å²) in [4.78, 5) is 26.5. The summed E-state index contributed by atoms with van der Waals surface area (Å²) >= 11 is 0. The Hall–Kier alpha value is -1.46. The van der Waals surface area contributed by atoms with Gasteiger partial charge in [-0.2, -0.15) is 0 Å². The van der Waals surface area contributed by atoms with Crippen molar-refractivity contribution >= 4 is 12.1 Å². The zero-order chi connectivity index (χ0) is 12.3. The van der Waals surface area contributed by atoms with Crippen molar-refractivity contribution in [2.75, 3.05) is 33.3 Å². The number of hydrogen-bond acceptors (Lipinski definition) is 3. The van der Waals surface area contributed by atoms with Gasteiger partial charge in [-0.15, -0.1) is 0 Å². The topological polar surface area (TPSA) is 61.9 Å². The Morgan fingerprint density at radius 1 is 1.18 bits per heavy atom. The van der Waals surface area contributed by atoms with Gasteiger partial charge in [-0.1, -0.05) is 0 Å². The number of rotatable bonds is 1. The van der Waals surface area contributed by atoms with Gasteiger partial charge in [0, 0.05) is 32.2 Å². The molecule has 0 bridgehead atoms. The maximum Gasteiger partial charge on any atom is 0.409 e. The van der Waals surface area contributed by atoms with Gasteiger partial charge in [0.15, 0.2) is 0 Å². The minimum atomic E-state index is -0.312. The van der Waals surface area contributed by atoms with Crippen molar-refractivity contribution < 1.29 is 14.3 Å². The summed E-state index contributed by atoms with van der Waals surface area (Å²) in [6.07, 6.45) is 2.60. The van der Waals surface area contributed by atoms with Crippen molar-refractivity contribution in [3.05, 3.63) is 0 Å². The van der Waals surface area contributed by atoms with Crippen LogP contribution in [0.4, 0.5) is 9.59 Å². The molecule has 1 unspecified atom stereocenters. The second-order valence-electron chi connectivity index (χ2n) is 4.55. The summed E-state index contributed by atoms with van der Waals surface area (Å²) in [6, 6.07) is 0.0453. The lowest BCUT2D eigenvalue weighted by Crippen LogP contribution is -2.55. The average Bonchev–Trinajstić information content (AvgIpc) is 2.26. The van der Waals surface area contributed by atoms with Crippen LogP contribution in [0, 0.1) is 0 Å². The fourth-order valence-corrected chi connectivity index (χ4v) is 2.18. The van der Waals surface area contributed by atoms with E-state index in [2.05, 4.69) is 10.1 Å². The molecule has 2 aliphatic heterocycles. The number of carbonyl (C=O) groups excluding carboxylic acids is 2. The van der Waals surface area contributed by atoms with Gasteiger partial charge in [-0.25, -0.2) is 9.59 Å². The molecule has 1 N–H and O–H groups in total. The summed E-state index contributed by atoms with van der Waals surface area (Å²) in [5.41, 5.74) is 0. The van der Waals surface area contributed by atoms with Crippen LogP contribution >= 0.6 is 0 Å². The van der Waals surface area contributed by atoms with Crippen LogP contribution in [0.15, 0.2) is 0 Å². The van der Waals surface area contributed by atoms with Crippen LogP contribution in [0.2, 0.25) is 0 Å². The zero-order valence-corrected chi connectivity index (χ0v) is 10.1. The Labute approximate surface area is 101 Å². The first-order valence-electron chi connectivity index (χ1n) is 6.09. The van der Waals surface area contributed by atoms with Crippen molar-refractivity contribution in [2.45, 2.75) is 25.3 Å². The number of amides is 3. The summed E-state index contributed by atoms with van der Waals surface area (Å²) < 4.78 is 4.69. The molecule has 2 saturated heterocycles. The first-order valence-corrected chi connectivity index (χ1v) is 6.09. The Morgan fingerprint density at radius 2 is 1.88 bits per heavy atom. The molecular formula is C11H19N3O3. The van der Waals surface area contributed by atoms with Crippen molar-refractivity contribution in [1.29, 1.82) is 0 Å². The first kappa shape index (κ1) is 12.0. The normalized spacial score (nSPS) is 23.9. The number of likely N-dealkylation sites (tertiary alicyclic amines) is 2. The van der Waals surface area contributed by atoms with Crippen molar-refractivity contribution in [3.8, 4) is 0 Å². The van der Waals surface area contributed by atoms with Gasteiger partial charge >= 0.3 is 12.1 Å². The standard InChI is InChI=1S/C11H19N3O3/c1-17-11(16)14-5-2-4-9(8-14)12-10(15)13-6-3-7-13/h9H,2-8H2,1H3,(H,12,15). The van der Waals surface area contributed by atoms with Crippen molar-refractivity contribution in [3.63, 3.8) is 0 Å². The molecule has 96 valence electrons. The number of hydrogen-bond donors (Lipinski definition) is 1. The van der Waals surface area contributed by atoms with E-state index in [1.165, 1.54) is 7.11 Å². The number of ether oxygens (including phenoxy) is 1. The monoisotopic (exact) mass is 241 g/mol. The fraction of sp³-hybridized carbons (Fsp3) is 0.818. The minimum Gasteiger partial charge on any atom is -0.453 e. The van der Waals surface area contributed by atoms with Gasteiger partial charge in [0.05, 0.1) is 7.11 Å². The van der Waals surface area contributed by atoms with Gasteiger partial charge in [-0.05, 0) is 19.3 Å². The van der Waals surface area contributed by atoms with Crippen LogP contribution in [0.5, 0.6) is 0 Å². The SMILES string of the molecule is COC(=O)N1CCCC(NC(=O)N2CCC2)C1. The van der Waals surface area contributed by atoms with E-state index < -0.39 is 0 Å². The number of carbonyl (C=O) groups is 2. The van der Waals surface area contributed by atoms with Crippen LogP contribution in [-0.4, -0.2) is 61.3 Å². The van der Waals surface area contributed by atoms with Crippen LogP contribution in [0.3, 0.4) is 0 Å². The second kappa shape index (κ2) is 5.25. The minimum absolute atomic E-state index is 0.00651. The van der Waals surface area contributed by atoms with Gasteiger partial charge in [0.1, 0.15) is 0 Å². The lowest BCUT2D eigenvalue weighted by molar-refractivity contribution is 0.105. The van der Waals surface area contributed by atoms with Crippen LogP contribution in [0.25, 0.3) is 0 Å². The molecule has 6 nitrogen and oxygen atoms in total. The highest BCUT2D eigenvalue weighted by atomic mass is 16.5. The third-order valence-electron chi connectivity index (χ3n) is 3.33. The summed E-state index contributed by atoms with van der Waals surface area (Å²) in [7, 11) is 1.38. The van der Waals surface area contributed by atoms with Gasteiger partial charge < -0.3 is 19.9 Å². The molecule has 2 aliphatic rings. The third-order valence-corrected chi connectivity index (χ3v) is 3.33. The Bertz CT molecular complexity index is 304. The summed E-state index contributed by atoms with van der Waals surface area (Å²) in [6.45, 7) is 2.95. The lowest BCUT2D eigenvalue weighted by Gasteiger charge is -2.36. The van der Waals surface area contributed by atoms with Crippen molar-refractivity contribution in [1.82, 2.24) is 15.1 Å². The van der Waals surface area contributed by atoms with E-state index in [-0.39, 0.29) is 18.2 Å². The molecule has 0 spiro atoms. The van der Waals surface area contributed by atoms with E-state index in [4.69, 9.17) is 0 Å². The molecule has 0 saturated carbocycles. The lowest BCUT2D eigenvalue weighted by atomic mass is 10.1. The van der Waals surface area contributed by atoms with E-state index in [1.54, 1.807) is 9.80 Å². The highest BCUT2D eigenvalue weighted by molar-refractivity contribution is 5.75. The van der Waals surface area contributed by atoms with Gasteiger partial charge in [0.25, 0.3) is 0 Å². The molecule has 2 rings (SSSR count). The predicted molar refractivity (Wildman–Crippen MR) is 61.7 cm³/mol. The fourth-order valence-electron chi connectivity index (χ4n) is 2.18. The smallest absolute Gasteiger partial charge is 0.409 e. The van der Waals surface area contributed by atoms with E-state index in [9.17, 15) is 9.59 Å². The predicted octanol–water partition coefficient (Wildman–Crippen LogP) is 0.632. The Morgan fingerprint density at radius 3 is 2.47 bits per heavy atom. The van der Waals surface area contributed by atoms with E-state index in [1.807, 2.05) is 0 Å². The number of nitrogens with zero attached hydrogens (tertiary/aromatic N) is 2. The molecule has 0 aliphatic carbocycles. The highest BCUT2D eigenvalue weighted by Gasteiger charge is 2.27. The molecule has 6 heteroatoms. The van der Waals surface area contributed by atoms with Crippen LogP contribution in [0.1, 0.15) is 19.3 Å². The maximum atomic E-state index is 11.7. The molecule has 1 atom stereocenters. The number of nitrogens with one attached hydrogen (secondary N) is 1. The molecule has 17 heavy (non-hydrogen) atoms. The molecule has 2 fully saturated rings. The van der Waals surface area contributed by atoms with Crippen molar-refractivity contribution in [2.24, 2.45) is 0 Å². The number of piperidine rings is 1. The Kier molecular flexibility index (Phi) is 3.71. The Balaban J connectivity index is 1.80. The molecule has 3 amide bonds.